The minimum absolute atomic E-state index is 0.00909. The Kier molecular flexibility index (Phi) is 4.59. The van der Waals surface area contributed by atoms with Crippen LogP contribution in [0, 0.1) is 12.8 Å². The fourth-order valence-corrected chi connectivity index (χ4v) is 3.53. The molecule has 0 saturated carbocycles. The van der Waals surface area contributed by atoms with Crippen LogP contribution in [0.3, 0.4) is 0 Å². The Hall–Kier alpha value is -1.66. The van der Waals surface area contributed by atoms with Crippen LogP contribution in [-0.2, 0) is 4.74 Å². The highest BCUT2D eigenvalue weighted by atomic mass is 32.1. The van der Waals surface area contributed by atoms with Crippen molar-refractivity contribution in [3.8, 4) is 10.6 Å². The average Bonchev–Trinajstić information content (AvgIpc) is 3.25. The van der Waals surface area contributed by atoms with Crippen molar-refractivity contribution in [2.24, 2.45) is 5.92 Å². The molecule has 1 unspecified atom stereocenters. The number of nitrogens with one attached hydrogen (secondary N) is 1. The Bertz CT molecular complexity index is 643. The third kappa shape index (κ3) is 3.23. The molecule has 1 atom stereocenters. The number of aromatic amines is 1. The summed E-state index contributed by atoms with van der Waals surface area (Å²) in [5, 5.41) is 7.18. The molecule has 3 heterocycles. The predicted octanol–water partition coefficient (Wildman–Crippen LogP) is 2.95. The first-order valence-electron chi connectivity index (χ1n) is 7.66. The lowest BCUT2D eigenvalue weighted by Crippen LogP contribution is -2.35. The van der Waals surface area contributed by atoms with E-state index in [-0.39, 0.29) is 5.91 Å². The molecule has 1 aliphatic heterocycles. The third-order valence-electron chi connectivity index (χ3n) is 3.97. The Morgan fingerprint density at radius 3 is 3.05 bits per heavy atom. The van der Waals surface area contributed by atoms with Gasteiger partial charge in [0.15, 0.2) is 5.69 Å². The van der Waals surface area contributed by atoms with Crippen LogP contribution in [0.1, 0.15) is 28.7 Å². The van der Waals surface area contributed by atoms with Gasteiger partial charge in [-0.1, -0.05) is 0 Å². The van der Waals surface area contributed by atoms with Crippen LogP contribution in [-0.4, -0.2) is 47.3 Å². The van der Waals surface area contributed by atoms with E-state index in [4.69, 9.17) is 4.74 Å². The van der Waals surface area contributed by atoms with Crippen molar-refractivity contribution in [3.05, 3.63) is 28.8 Å². The van der Waals surface area contributed by atoms with Gasteiger partial charge in [0.2, 0.25) is 0 Å². The van der Waals surface area contributed by atoms with Crippen LogP contribution in [0.25, 0.3) is 10.6 Å². The number of hydrogen-bond acceptors (Lipinski definition) is 4. The molecule has 1 aliphatic rings. The van der Waals surface area contributed by atoms with E-state index in [1.165, 1.54) is 4.88 Å². The summed E-state index contributed by atoms with van der Waals surface area (Å²) in [7, 11) is 0. The third-order valence-corrected chi connectivity index (χ3v) is 5.01. The molecule has 0 aromatic carbocycles. The van der Waals surface area contributed by atoms with Crippen molar-refractivity contribution in [2.45, 2.75) is 20.3 Å². The molecular formula is C16H21N3O2S. The molecule has 6 heteroatoms. The van der Waals surface area contributed by atoms with Gasteiger partial charge >= 0.3 is 0 Å². The first kappa shape index (κ1) is 15.2. The summed E-state index contributed by atoms with van der Waals surface area (Å²) in [5.41, 5.74) is 1.39. The van der Waals surface area contributed by atoms with E-state index in [0.29, 0.717) is 18.2 Å². The highest BCUT2D eigenvalue weighted by molar-refractivity contribution is 7.15. The number of thiophene rings is 1. The fourth-order valence-electron chi connectivity index (χ4n) is 2.69. The highest BCUT2D eigenvalue weighted by Crippen LogP contribution is 2.26. The topological polar surface area (TPSA) is 58.2 Å². The van der Waals surface area contributed by atoms with Crippen molar-refractivity contribution >= 4 is 17.2 Å². The minimum atomic E-state index is -0.00909. The molecule has 0 aliphatic carbocycles. The number of hydrogen-bond donors (Lipinski definition) is 1. The summed E-state index contributed by atoms with van der Waals surface area (Å²) >= 11 is 1.69. The summed E-state index contributed by atoms with van der Waals surface area (Å²) in [6.45, 7) is 7.07. The van der Waals surface area contributed by atoms with E-state index in [2.05, 4.69) is 29.3 Å². The molecule has 1 saturated heterocycles. The van der Waals surface area contributed by atoms with Crippen molar-refractivity contribution in [3.63, 3.8) is 0 Å². The average molecular weight is 319 g/mol. The summed E-state index contributed by atoms with van der Waals surface area (Å²) in [5.74, 6) is 0.437. The zero-order valence-corrected chi connectivity index (χ0v) is 13.8. The zero-order valence-electron chi connectivity index (χ0n) is 13.0. The smallest absolute Gasteiger partial charge is 0.274 e. The molecule has 3 rings (SSSR count). The van der Waals surface area contributed by atoms with Gasteiger partial charge in [-0.15, -0.1) is 11.3 Å². The number of ether oxygens (including phenoxy) is 1. The first-order valence-corrected chi connectivity index (χ1v) is 8.48. The second-order valence-electron chi connectivity index (χ2n) is 5.65. The lowest BCUT2D eigenvalue weighted by atomic mass is 10.1. The van der Waals surface area contributed by atoms with Crippen LogP contribution in [0.2, 0.25) is 0 Å². The van der Waals surface area contributed by atoms with Crippen LogP contribution >= 0.6 is 11.3 Å². The van der Waals surface area contributed by atoms with Crippen LogP contribution in [0.4, 0.5) is 0 Å². The first-order chi connectivity index (χ1) is 10.7. The molecule has 2 aromatic heterocycles. The van der Waals surface area contributed by atoms with Crippen LogP contribution in [0.5, 0.6) is 0 Å². The second kappa shape index (κ2) is 6.62. The molecule has 22 heavy (non-hydrogen) atoms. The predicted molar refractivity (Wildman–Crippen MR) is 87.1 cm³/mol. The molecule has 1 fully saturated rings. The second-order valence-corrected chi connectivity index (χ2v) is 6.94. The maximum atomic E-state index is 12.6. The highest BCUT2D eigenvalue weighted by Gasteiger charge is 2.24. The Labute approximate surface area is 134 Å². The largest absolute Gasteiger partial charge is 0.381 e. The van der Waals surface area contributed by atoms with Gasteiger partial charge in [0, 0.05) is 30.5 Å². The standard InChI is InChI=1S/C16H21N3O2S/c1-3-19(9-12-6-7-21-10-12)16(20)14-8-13(17-18-14)15-5-4-11(2)22-15/h4-5,8,12H,3,6-7,9-10H2,1-2H3,(H,17,18). The maximum absolute atomic E-state index is 12.6. The Morgan fingerprint density at radius 1 is 1.55 bits per heavy atom. The molecule has 1 N–H and O–H groups in total. The summed E-state index contributed by atoms with van der Waals surface area (Å²) in [6, 6.07) is 5.97. The molecule has 2 aromatic rings. The van der Waals surface area contributed by atoms with Crippen molar-refractivity contribution in [1.82, 2.24) is 15.1 Å². The van der Waals surface area contributed by atoms with E-state index < -0.39 is 0 Å². The number of H-pyrrole nitrogens is 1. The molecule has 1 amide bonds. The summed E-state index contributed by atoms with van der Waals surface area (Å²) in [6.07, 6.45) is 1.03. The Morgan fingerprint density at radius 2 is 2.41 bits per heavy atom. The van der Waals surface area contributed by atoms with E-state index in [1.807, 2.05) is 17.9 Å². The van der Waals surface area contributed by atoms with Gasteiger partial charge < -0.3 is 9.64 Å². The van der Waals surface area contributed by atoms with Gasteiger partial charge in [0.25, 0.3) is 5.91 Å². The van der Waals surface area contributed by atoms with E-state index in [0.717, 1.165) is 36.8 Å². The monoisotopic (exact) mass is 319 g/mol. The number of aromatic nitrogens is 2. The number of aryl methyl sites for hydroxylation is 1. The number of carbonyl (C=O) groups is 1. The van der Waals surface area contributed by atoms with Gasteiger partial charge in [0.05, 0.1) is 17.2 Å². The van der Waals surface area contributed by atoms with Gasteiger partial charge in [0.1, 0.15) is 0 Å². The van der Waals surface area contributed by atoms with Crippen LogP contribution in [0.15, 0.2) is 18.2 Å². The molecule has 0 radical (unpaired) electrons. The van der Waals surface area contributed by atoms with Gasteiger partial charge in [-0.3, -0.25) is 9.89 Å². The van der Waals surface area contributed by atoms with Crippen molar-refractivity contribution in [1.29, 1.82) is 0 Å². The quantitative estimate of drug-likeness (QED) is 0.922. The lowest BCUT2D eigenvalue weighted by molar-refractivity contribution is 0.0725. The zero-order chi connectivity index (χ0) is 15.5. The molecule has 0 bridgehead atoms. The molecule has 0 spiro atoms. The number of amides is 1. The summed E-state index contributed by atoms with van der Waals surface area (Å²) in [4.78, 5) is 16.8. The summed E-state index contributed by atoms with van der Waals surface area (Å²) < 4.78 is 5.39. The Balaban J connectivity index is 1.71. The SMILES string of the molecule is CCN(CC1CCOC1)C(=O)c1cc(-c2ccc(C)s2)[nH]n1. The molecule has 5 nitrogen and oxygen atoms in total. The normalized spacial score (nSPS) is 17.8. The number of nitrogens with zero attached hydrogens (tertiary/aromatic N) is 2. The van der Waals surface area contributed by atoms with E-state index >= 15 is 0 Å². The fraction of sp³-hybridized carbons (Fsp3) is 0.500. The number of rotatable bonds is 5. The van der Waals surface area contributed by atoms with Gasteiger partial charge in [-0.2, -0.15) is 5.10 Å². The van der Waals surface area contributed by atoms with Gasteiger partial charge in [-0.25, -0.2) is 0 Å². The van der Waals surface area contributed by atoms with E-state index in [9.17, 15) is 4.79 Å². The minimum Gasteiger partial charge on any atom is -0.381 e. The molecule has 118 valence electrons. The number of carbonyl (C=O) groups excluding carboxylic acids is 1. The van der Waals surface area contributed by atoms with Gasteiger partial charge in [-0.05, 0) is 38.5 Å². The van der Waals surface area contributed by atoms with Crippen molar-refractivity contribution < 1.29 is 9.53 Å². The van der Waals surface area contributed by atoms with E-state index in [1.54, 1.807) is 11.3 Å². The maximum Gasteiger partial charge on any atom is 0.274 e. The molecular weight excluding hydrogens is 298 g/mol. The van der Waals surface area contributed by atoms with Crippen molar-refractivity contribution in [2.75, 3.05) is 26.3 Å². The van der Waals surface area contributed by atoms with Crippen LogP contribution < -0.4 is 0 Å². The lowest BCUT2D eigenvalue weighted by Gasteiger charge is -2.22.